The number of aromatic hydroxyl groups is 1. The molecule has 1 heterocycles. The van der Waals surface area contributed by atoms with Gasteiger partial charge in [0.1, 0.15) is 5.75 Å². The van der Waals surface area contributed by atoms with Gasteiger partial charge in [0, 0.05) is 5.56 Å². The normalized spacial score (nSPS) is 17.9. The summed E-state index contributed by atoms with van der Waals surface area (Å²) in [5, 5.41) is 9.49. The topological polar surface area (TPSA) is 38.7 Å². The van der Waals surface area contributed by atoms with Gasteiger partial charge in [-0.25, -0.2) is 0 Å². The van der Waals surface area contributed by atoms with E-state index >= 15 is 0 Å². The number of hydrogen-bond acceptors (Lipinski definition) is 3. The van der Waals surface area contributed by atoms with E-state index in [0.717, 1.165) is 5.56 Å². The maximum Gasteiger partial charge on any atom is 0.184 e. The van der Waals surface area contributed by atoms with Crippen molar-refractivity contribution in [2.75, 3.05) is 13.2 Å². The third-order valence-corrected chi connectivity index (χ3v) is 2.17. The lowest BCUT2D eigenvalue weighted by Crippen LogP contribution is -1.97. The number of hydrogen-bond donors (Lipinski definition) is 1. The van der Waals surface area contributed by atoms with Gasteiger partial charge in [0.2, 0.25) is 0 Å². The minimum Gasteiger partial charge on any atom is -0.506 e. The molecule has 1 aliphatic rings. The summed E-state index contributed by atoms with van der Waals surface area (Å²) in [6.45, 7) is 1.20. The van der Waals surface area contributed by atoms with Crippen molar-refractivity contribution in [1.29, 1.82) is 0 Å². The van der Waals surface area contributed by atoms with Crippen molar-refractivity contribution < 1.29 is 14.6 Å². The van der Waals surface area contributed by atoms with Crippen LogP contribution in [-0.4, -0.2) is 18.3 Å². The Morgan fingerprint density at radius 1 is 1.31 bits per heavy atom. The van der Waals surface area contributed by atoms with Crippen molar-refractivity contribution >= 4 is 11.6 Å². The molecule has 13 heavy (non-hydrogen) atoms. The molecule has 1 aliphatic heterocycles. The molecule has 0 radical (unpaired) electrons. The van der Waals surface area contributed by atoms with Crippen LogP contribution in [0, 0.1) is 0 Å². The Morgan fingerprint density at radius 2 is 2.00 bits per heavy atom. The summed E-state index contributed by atoms with van der Waals surface area (Å²) in [7, 11) is 0. The van der Waals surface area contributed by atoms with Crippen LogP contribution in [0.1, 0.15) is 11.9 Å². The number of benzene rings is 1. The zero-order valence-electron chi connectivity index (χ0n) is 6.87. The predicted molar refractivity (Wildman–Crippen MR) is 47.8 cm³/mol. The monoisotopic (exact) mass is 200 g/mol. The number of phenols is 1. The van der Waals surface area contributed by atoms with Crippen LogP contribution in [0.3, 0.4) is 0 Å². The van der Waals surface area contributed by atoms with Crippen LogP contribution < -0.4 is 0 Å². The molecule has 1 aromatic carbocycles. The minimum atomic E-state index is -0.335. The largest absolute Gasteiger partial charge is 0.506 e. The number of rotatable bonds is 1. The smallest absolute Gasteiger partial charge is 0.184 e. The first-order valence-electron chi connectivity index (χ1n) is 3.99. The molecule has 0 unspecified atom stereocenters. The molecule has 1 N–H and O–H groups in total. The maximum atomic E-state index is 9.17. The van der Waals surface area contributed by atoms with E-state index in [4.69, 9.17) is 21.1 Å². The molecule has 1 fully saturated rings. The van der Waals surface area contributed by atoms with E-state index in [1.165, 1.54) is 6.07 Å². The van der Waals surface area contributed by atoms with E-state index in [-0.39, 0.29) is 12.0 Å². The standard InChI is InChI=1S/C9H9ClO3/c10-7-5-6(1-2-8(7)11)9-12-3-4-13-9/h1-2,5,9,11H,3-4H2. The van der Waals surface area contributed by atoms with Gasteiger partial charge >= 0.3 is 0 Å². The lowest BCUT2D eigenvalue weighted by Gasteiger charge is -2.09. The van der Waals surface area contributed by atoms with E-state index < -0.39 is 0 Å². The molecule has 0 aromatic heterocycles. The van der Waals surface area contributed by atoms with Crippen molar-refractivity contribution in [2.24, 2.45) is 0 Å². The minimum absolute atomic E-state index is 0.0726. The van der Waals surface area contributed by atoms with Crippen LogP contribution in [-0.2, 0) is 9.47 Å². The summed E-state index contributed by atoms with van der Waals surface area (Å²) in [5.41, 5.74) is 0.834. The zero-order valence-corrected chi connectivity index (χ0v) is 7.62. The van der Waals surface area contributed by atoms with E-state index in [0.29, 0.717) is 18.2 Å². The van der Waals surface area contributed by atoms with Gasteiger partial charge in [-0.05, 0) is 12.1 Å². The Balaban J connectivity index is 2.25. The zero-order chi connectivity index (χ0) is 9.26. The molecule has 3 nitrogen and oxygen atoms in total. The van der Waals surface area contributed by atoms with Crippen LogP contribution in [0.5, 0.6) is 5.75 Å². The maximum absolute atomic E-state index is 9.17. The second-order valence-corrected chi connectivity index (χ2v) is 3.19. The average Bonchev–Trinajstić information content (AvgIpc) is 2.62. The number of ether oxygens (including phenoxy) is 2. The lowest BCUT2D eigenvalue weighted by molar-refractivity contribution is -0.0441. The van der Waals surface area contributed by atoms with Crippen LogP contribution >= 0.6 is 11.6 Å². The highest BCUT2D eigenvalue weighted by Gasteiger charge is 2.18. The molecular weight excluding hydrogens is 192 g/mol. The van der Waals surface area contributed by atoms with Gasteiger partial charge in [-0.3, -0.25) is 0 Å². The fourth-order valence-electron chi connectivity index (χ4n) is 1.22. The van der Waals surface area contributed by atoms with E-state index in [1.54, 1.807) is 12.1 Å². The summed E-state index contributed by atoms with van der Waals surface area (Å²) in [5.74, 6) is 0.0726. The van der Waals surface area contributed by atoms with Crippen molar-refractivity contribution in [2.45, 2.75) is 6.29 Å². The molecule has 4 heteroatoms. The van der Waals surface area contributed by atoms with Gasteiger partial charge in [0.15, 0.2) is 6.29 Å². The lowest BCUT2D eigenvalue weighted by atomic mass is 10.2. The van der Waals surface area contributed by atoms with Crippen LogP contribution in [0.2, 0.25) is 5.02 Å². The molecule has 70 valence electrons. The quantitative estimate of drug-likeness (QED) is 0.755. The van der Waals surface area contributed by atoms with Gasteiger partial charge in [0.25, 0.3) is 0 Å². The molecule has 2 rings (SSSR count). The summed E-state index contributed by atoms with van der Waals surface area (Å²) >= 11 is 5.73. The number of phenolic OH excluding ortho intramolecular Hbond substituents is 1. The summed E-state index contributed by atoms with van der Waals surface area (Å²) in [4.78, 5) is 0. The predicted octanol–water partition coefficient (Wildman–Crippen LogP) is 2.09. The van der Waals surface area contributed by atoms with Gasteiger partial charge < -0.3 is 14.6 Å². The van der Waals surface area contributed by atoms with Crippen molar-refractivity contribution in [3.8, 4) is 5.75 Å². The Labute approximate surface area is 80.8 Å². The SMILES string of the molecule is Oc1ccc(C2OCCO2)cc1Cl. The Bertz CT molecular complexity index is 308. The van der Waals surface area contributed by atoms with Crippen molar-refractivity contribution in [1.82, 2.24) is 0 Å². The molecule has 0 saturated carbocycles. The van der Waals surface area contributed by atoms with Crippen LogP contribution in [0.15, 0.2) is 18.2 Å². The molecule has 0 amide bonds. The number of halogens is 1. The summed E-state index contributed by atoms with van der Waals surface area (Å²) < 4.78 is 10.5. The first-order chi connectivity index (χ1) is 6.27. The van der Waals surface area contributed by atoms with E-state index in [9.17, 15) is 5.11 Å². The third-order valence-electron chi connectivity index (χ3n) is 1.87. The van der Waals surface area contributed by atoms with E-state index in [2.05, 4.69) is 0 Å². The fourth-order valence-corrected chi connectivity index (χ4v) is 1.41. The van der Waals surface area contributed by atoms with Gasteiger partial charge in [-0.2, -0.15) is 0 Å². The van der Waals surface area contributed by atoms with Crippen LogP contribution in [0.4, 0.5) is 0 Å². The van der Waals surface area contributed by atoms with Crippen molar-refractivity contribution in [3.05, 3.63) is 28.8 Å². The highest BCUT2D eigenvalue weighted by atomic mass is 35.5. The Hall–Kier alpha value is -0.770. The molecule has 0 bridgehead atoms. The fraction of sp³-hybridized carbons (Fsp3) is 0.333. The molecule has 0 atom stereocenters. The van der Waals surface area contributed by atoms with Gasteiger partial charge in [-0.1, -0.05) is 17.7 Å². The first kappa shape index (κ1) is 8.81. The molecule has 1 saturated heterocycles. The highest BCUT2D eigenvalue weighted by Crippen LogP contribution is 2.30. The average molecular weight is 201 g/mol. The van der Waals surface area contributed by atoms with Gasteiger partial charge in [-0.15, -0.1) is 0 Å². The highest BCUT2D eigenvalue weighted by molar-refractivity contribution is 6.32. The summed E-state index contributed by atoms with van der Waals surface area (Å²) in [6.07, 6.45) is -0.335. The third kappa shape index (κ3) is 1.77. The van der Waals surface area contributed by atoms with Crippen molar-refractivity contribution in [3.63, 3.8) is 0 Å². The van der Waals surface area contributed by atoms with Crippen LogP contribution in [0.25, 0.3) is 0 Å². The molecule has 0 aliphatic carbocycles. The van der Waals surface area contributed by atoms with Gasteiger partial charge in [0.05, 0.1) is 18.2 Å². The second kappa shape index (κ2) is 3.54. The molecule has 0 spiro atoms. The molecular formula is C9H9ClO3. The second-order valence-electron chi connectivity index (χ2n) is 2.78. The Kier molecular flexibility index (Phi) is 2.40. The molecule has 1 aromatic rings. The summed E-state index contributed by atoms with van der Waals surface area (Å²) in [6, 6.07) is 4.91. The first-order valence-corrected chi connectivity index (χ1v) is 4.37. The Morgan fingerprint density at radius 3 is 2.62 bits per heavy atom. The van der Waals surface area contributed by atoms with E-state index in [1.807, 2.05) is 0 Å².